The van der Waals surface area contributed by atoms with Crippen LogP contribution >= 0.6 is 0 Å². The summed E-state index contributed by atoms with van der Waals surface area (Å²) in [6.07, 6.45) is 9.81. The number of aryl methyl sites for hydroxylation is 1. The molecule has 2 fully saturated rings. The molecule has 1 saturated carbocycles. The minimum absolute atomic E-state index is 0.179. The summed E-state index contributed by atoms with van der Waals surface area (Å²) in [7, 11) is 0. The normalized spacial score (nSPS) is 18.3. The van der Waals surface area contributed by atoms with Crippen LogP contribution in [0.15, 0.2) is 24.5 Å². The van der Waals surface area contributed by atoms with E-state index in [2.05, 4.69) is 28.3 Å². The molecule has 2 aromatic rings. The summed E-state index contributed by atoms with van der Waals surface area (Å²) in [4.78, 5) is 2.47. The van der Waals surface area contributed by atoms with Gasteiger partial charge in [-0.15, -0.1) is 0 Å². The van der Waals surface area contributed by atoms with Crippen LogP contribution in [-0.2, 0) is 11.3 Å². The number of nitrogens with zero attached hydrogens (tertiary/aromatic N) is 3. The third kappa shape index (κ3) is 3.96. The first-order chi connectivity index (χ1) is 13.3. The molecule has 0 atom stereocenters. The molecule has 1 aromatic carbocycles. The molecule has 1 aromatic heterocycles. The summed E-state index contributed by atoms with van der Waals surface area (Å²) < 4.78 is 7.51. The first kappa shape index (κ1) is 18.3. The number of ether oxygens (including phenoxy) is 1. The van der Waals surface area contributed by atoms with Crippen molar-refractivity contribution in [1.29, 1.82) is 0 Å². The monoisotopic (exact) mass is 370 g/mol. The Morgan fingerprint density at radius 1 is 1.19 bits per heavy atom. The number of hydrogen-bond donors (Lipinski definition) is 2. The third-order valence-electron chi connectivity index (χ3n) is 5.77. The second kappa shape index (κ2) is 8.31. The number of morpholine rings is 1. The van der Waals surface area contributed by atoms with Crippen LogP contribution in [0.5, 0.6) is 0 Å². The van der Waals surface area contributed by atoms with E-state index < -0.39 is 0 Å². The molecule has 4 rings (SSSR count). The van der Waals surface area contributed by atoms with E-state index in [-0.39, 0.29) is 6.61 Å². The van der Waals surface area contributed by atoms with E-state index in [1.807, 2.05) is 10.9 Å². The zero-order chi connectivity index (χ0) is 18.6. The first-order valence-corrected chi connectivity index (χ1v) is 10.2. The van der Waals surface area contributed by atoms with Gasteiger partial charge in [-0.2, -0.15) is 5.10 Å². The van der Waals surface area contributed by atoms with Crippen LogP contribution in [0.4, 0.5) is 11.4 Å². The van der Waals surface area contributed by atoms with Gasteiger partial charge in [-0.1, -0.05) is 12.8 Å². The molecule has 0 spiro atoms. The standard InChI is InChI=1S/C21H30N4O2/c22-18-12-19(16-4-1-2-5-16)21(24-7-10-27-11-8-24)20(13-18)17-14-23-25(15-17)6-3-9-26/h12-16,26H,1-11,22H2. The Hall–Kier alpha value is -2.05. The molecule has 1 saturated heterocycles. The average Bonchev–Trinajstić information content (AvgIpc) is 3.38. The van der Waals surface area contributed by atoms with Crippen LogP contribution < -0.4 is 10.6 Å². The summed E-state index contributed by atoms with van der Waals surface area (Å²) in [5.41, 5.74) is 12.2. The fourth-order valence-electron chi connectivity index (χ4n) is 4.45. The lowest BCUT2D eigenvalue weighted by atomic mass is 9.90. The van der Waals surface area contributed by atoms with Gasteiger partial charge < -0.3 is 20.5 Å². The minimum Gasteiger partial charge on any atom is -0.399 e. The highest BCUT2D eigenvalue weighted by Gasteiger charge is 2.27. The number of nitrogen functional groups attached to an aromatic ring is 1. The van der Waals surface area contributed by atoms with E-state index in [1.54, 1.807) is 0 Å². The Labute approximate surface area is 160 Å². The van der Waals surface area contributed by atoms with Crippen molar-refractivity contribution in [3.05, 3.63) is 30.1 Å². The Morgan fingerprint density at radius 3 is 2.70 bits per heavy atom. The highest BCUT2D eigenvalue weighted by molar-refractivity contribution is 5.84. The quantitative estimate of drug-likeness (QED) is 0.765. The molecule has 3 N–H and O–H groups in total. The molecule has 6 heteroatoms. The topological polar surface area (TPSA) is 76.5 Å². The van der Waals surface area contributed by atoms with E-state index in [0.29, 0.717) is 12.3 Å². The highest BCUT2D eigenvalue weighted by atomic mass is 16.5. The SMILES string of the molecule is Nc1cc(-c2cnn(CCCO)c2)c(N2CCOCC2)c(C2CCCC2)c1. The number of aromatic nitrogens is 2. The number of aliphatic hydroxyl groups is 1. The molecule has 2 aliphatic rings. The lowest BCUT2D eigenvalue weighted by molar-refractivity contribution is 0.122. The lowest BCUT2D eigenvalue weighted by Crippen LogP contribution is -2.37. The number of hydrogen-bond acceptors (Lipinski definition) is 5. The van der Waals surface area contributed by atoms with E-state index in [4.69, 9.17) is 15.6 Å². The summed E-state index contributed by atoms with van der Waals surface area (Å²) in [6, 6.07) is 4.29. The number of benzene rings is 1. The molecule has 1 aliphatic carbocycles. The zero-order valence-electron chi connectivity index (χ0n) is 15.9. The summed E-state index contributed by atoms with van der Waals surface area (Å²) in [5, 5.41) is 13.6. The fraction of sp³-hybridized carbons (Fsp3) is 0.571. The Kier molecular flexibility index (Phi) is 5.64. The van der Waals surface area contributed by atoms with Crippen LogP contribution in [0.3, 0.4) is 0 Å². The smallest absolute Gasteiger partial charge is 0.0642 e. The van der Waals surface area contributed by atoms with Gasteiger partial charge in [0.25, 0.3) is 0 Å². The van der Waals surface area contributed by atoms with Crippen molar-refractivity contribution in [3.63, 3.8) is 0 Å². The predicted octanol–water partition coefficient (Wildman–Crippen LogP) is 3.01. The van der Waals surface area contributed by atoms with E-state index in [1.165, 1.54) is 42.5 Å². The number of rotatable bonds is 6. The van der Waals surface area contributed by atoms with Crippen LogP contribution in [0.25, 0.3) is 11.1 Å². The van der Waals surface area contributed by atoms with Gasteiger partial charge in [-0.05, 0) is 42.9 Å². The zero-order valence-corrected chi connectivity index (χ0v) is 15.9. The van der Waals surface area contributed by atoms with Gasteiger partial charge in [-0.3, -0.25) is 4.68 Å². The molecule has 6 nitrogen and oxygen atoms in total. The maximum absolute atomic E-state index is 9.08. The minimum atomic E-state index is 0.179. The van der Waals surface area contributed by atoms with Gasteiger partial charge >= 0.3 is 0 Å². The molecular formula is C21H30N4O2. The van der Waals surface area contributed by atoms with Gasteiger partial charge in [0.1, 0.15) is 0 Å². The Balaban J connectivity index is 1.77. The van der Waals surface area contributed by atoms with Crippen molar-refractivity contribution in [2.75, 3.05) is 43.5 Å². The predicted molar refractivity (Wildman–Crippen MR) is 108 cm³/mol. The van der Waals surface area contributed by atoms with Crippen molar-refractivity contribution >= 4 is 11.4 Å². The average molecular weight is 370 g/mol. The molecule has 146 valence electrons. The largest absolute Gasteiger partial charge is 0.399 e. The van der Waals surface area contributed by atoms with Crippen molar-refractivity contribution in [3.8, 4) is 11.1 Å². The van der Waals surface area contributed by atoms with Gasteiger partial charge in [0.2, 0.25) is 0 Å². The van der Waals surface area contributed by atoms with E-state index >= 15 is 0 Å². The molecule has 0 amide bonds. The second-order valence-corrected chi connectivity index (χ2v) is 7.66. The van der Waals surface area contributed by atoms with Crippen molar-refractivity contribution in [2.45, 2.75) is 44.6 Å². The lowest BCUT2D eigenvalue weighted by Gasteiger charge is -2.34. The molecular weight excluding hydrogens is 340 g/mol. The third-order valence-corrected chi connectivity index (χ3v) is 5.77. The molecule has 27 heavy (non-hydrogen) atoms. The van der Waals surface area contributed by atoms with Crippen LogP contribution in [-0.4, -0.2) is 47.8 Å². The van der Waals surface area contributed by atoms with Gasteiger partial charge in [0.05, 0.1) is 19.4 Å². The van der Waals surface area contributed by atoms with Gasteiger partial charge in [0, 0.05) is 54.9 Å². The van der Waals surface area contributed by atoms with E-state index in [9.17, 15) is 0 Å². The maximum atomic E-state index is 9.08. The number of nitrogens with two attached hydrogens (primary N) is 1. The number of anilines is 2. The first-order valence-electron chi connectivity index (χ1n) is 10.2. The van der Waals surface area contributed by atoms with Crippen LogP contribution in [0, 0.1) is 0 Å². The Morgan fingerprint density at radius 2 is 1.96 bits per heavy atom. The fourth-order valence-corrected chi connectivity index (χ4v) is 4.45. The number of aliphatic hydroxyl groups excluding tert-OH is 1. The van der Waals surface area contributed by atoms with Crippen molar-refractivity contribution < 1.29 is 9.84 Å². The maximum Gasteiger partial charge on any atom is 0.0642 e. The molecule has 0 bridgehead atoms. The van der Waals surface area contributed by atoms with Crippen molar-refractivity contribution in [1.82, 2.24) is 9.78 Å². The van der Waals surface area contributed by atoms with Gasteiger partial charge in [-0.25, -0.2) is 0 Å². The molecule has 2 heterocycles. The van der Waals surface area contributed by atoms with E-state index in [0.717, 1.165) is 44.1 Å². The molecule has 1 aliphatic heterocycles. The summed E-state index contributed by atoms with van der Waals surface area (Å²) >= 11 is 0. The van der Waals surface area contributed by atoms with Crippen molar-refractivity contribution in [2.24, 2.45) is 0 Å². The van der Waals surface area contributed by atoms with Crippen LogP contribution in [0.1, 0.15) is 43.6 Å². The summed E-state index contributed by atoms with van der Waals surface area (Å²) in [5.74, 6) is 0.592. The second-order valence-electron chi connectivity index (χ2n) is 7.66. The molecule has 0 radical (unpaired) electrons. The summed E-state index contributed by atoms with van der Waals surface area (Å²) in [6.45, 7) is 4.26. The van der Waals surface area contributed by atoms with Crippen LogP contribution in [0.2, 0.25) is 0 Å². The molecule has 0 unspecified atom stereocenters. The van der Waals surface area contributed by atoms with Gasteiger partial charge in [0.15, 0.2) is 0 Å². The highest BCUT2D eigenvalue weighted by Crippen LogP contribution is 2.45. The Bertz CT molecular complexity index is 762.